The summed E-state index contributed by atoms with van der Waals surface area (Å²) in [6, 6.07) is 2.38. The molecule has 34 heavy (non-hydrogen) atoms. The minimum Gasteiger partial charge on any atom is -0.500 e. The molecule has 0 heterocycles. The van der Waals surface area contributed by atoms with Gasteiger partial charge in [-0.1, -0.05) is 39.0 Å². The van der Waals surface area contributed by atoms with Crippen LogP contribution in [0.3, 0.4) is 0 Å². The van der Waals surface area contributed by atoms with Crippen molar-refractivity contribution >= 4 is 23.8 Å². The fourth-order valence-corrected chi connectivity index (χ4v) is 7.42. The standard InChI is InChI=1S/C27H31NO6/c1-6-11-34-24(32)21-22(31)20-16-8-7-15(13-28)26(16,4)10-9-17(20)27(14-29)18(30)12-19(33-5)25(2,3)23(21)27/h6,12,14-15,17,21,23H,1,7-11H2,2-5H3/t15-,17+,21?,23-,26-,27-/m1/s1. The van der Waals surface area contributed by atoms with Crippen molar-refractivity contribution in [3.63, 3.8) is 0 Å². The zero-order chi connectivity index (χ0) is 25.1. The lowest BCUT2D eigenvalue weighted by molar-refractivity contribution is -0.170. The number of carbonyl (C=O) groups is 4. The van der Waals surface area contributed by atoms with Crippen LogP contribution < -0.4 is 0 Å². The summed E-state index contributed by atoms with van der Waals surface area (Å²) in [7, 11) is 1.43. The number of Topliss-reactive ketones (excluding diaryl/α,β-unsaturated/α-hetero) is 1. The molecule has 1 unspecified atom stereocenters. The molecule has 0 spiro atoms. The molecule has 4 rings (SSSR count). The third-order valence-electron chi connectivity index (χ3n) is 9.01. The van der Waals surface area contributed by atoms with Crippen molar-refractivity contribution in [1.82, 2.24) is 0 Å². The molecule has 0 N–H and O–H groups in total. The van der Waals surface area contributed by atoms with E-state index in [1.165, 1.54) is 19.3 Å². The average molecular weight is 466 g/mol. The maximum Gasteiger partial charge on any atom is 0.317 e. The van der Waals surface area contributed by atoms with E-state index in [4.69, 9.17) is 9.47 Å². The van der Waals surface area contributed by atoms with Crippen LogP contribution in [-0.4, -0.2) is 37.5 Å². The Bertz CT molecular complexity index is 1090. The van der Waals surface area contributed by atoms with Crippen molar-refractivity contribution in [1.29, 1.82) is 5.26 Å². The van der Waals surface area contributed by atoms with Gasteiger partial charge >= 0.3 is 5.97 Å². The van der Waals surface area contributed by atoms with Gasteiger partial charge in [-0.05, 0) is 25.7 Å². The van der Waals surface area contributed by atoms with Gasteiger partial charge < -0.3 is 14.3 Å². The van der Waals surface area contributed by atoms with Gasteiger partial charge in [0.15, 0.2) is 11.6 Å². The fourth-order valence-electron chi connectivity index (χ4n) is 7.42. The van der Waals surface area contributed by atoms with Crippen LogP contribution >= 0.6 is 0 Å². The van der Waals surface area contributed by atoms with Crippen LogP contribution in [0.2, 0.25) is 0 Å². The highest BCUT2D eigenvalue weighted by atomic mass is 16.5. The summed E-state index contributed by atoms with van der Waals surface area (Å²) in [5.74, 6) is -4.47. The summed E-state index contributed by atoms with van der Waals surface area (Å²) in [6.45, 7) is 9.06. The molecule has 0 saturated heterocycles. The first kappa shape index (κ1) is 24.1. The van der Waals surface area contributed by atoms with E-state index in [0.717, 1.165) is 5.57 Å². The number of hydrogen-bond donors (Lipinski definition) is 0. The van der Waals surface area contributed by atoms with Gasteiger partial charge in [-0.3, -0.25) is 14.4 Å². The summed E-state index contributed by atoms with van der Waals surface area (Å²) in [6.07, 6.45) is 5.60. The number of aldehydes is 1. The van der Waals surface area contributed by atoms with Crippen molar-refractivity contribution in [2.24, 2.45) is 39.9 Å². The second kappa shape index (κ2) is 8.04. The van der Waals surface area contributed by atoms with Gasteiger partial charge in [0.1, 0.15) is 30.0 Å². The minimum absolute atomic E-state index is 0.0890. The van der Waals surface area contributed by atoms with E-state index in [2.05, 4.69) is 12.6 Å². The highest BCUT2D eigenvalue weighted by molar-refractivity contribution is 6.17. The number of nitriles is 1. The quantitative estimate of drug-likeness (QED) is 0.264. The number of fused-ring (bicyclic) bond motifs is 4. The van der Waals surface area contributed by atoms with Crippen molar-refractivity contribution in [3.05, 3.63) is 35.6 Å². The molecule has 0 aliphatic heterocycles. The molecule has 2 saturated carbocycles. The first-order valence-corrected chi connectivity index (χ1v) is 11.8. The Morgan fingerprint density at radius 3 is 2.59 bits per heavy atom. The lowest BCUT2D eigenvalue weighted by Crippen LogP contribution is -2.65. The van der Waals surface area contributed by atoms with Gasteiger partial charge in [0.25, 0.3) is 0 Å². The predicted octanol–water partition coefficient (Wildman–Crippen LogP) is 3.50. The maximum atomic E-state index is 14.2. The SMILES string of the molecule is C=CCOC(=O)C1C(=O)C2=C3CC[C@H](C#N)[C@@]3(C)CC[C@@H]2[C@]2(C=O)C(=O)C=C(OC)C(C)(C)[C@@H]12. The molecule has 4 aliphatic carbocycles. The van der Waals surface area contributed by atoms with E-state index in [0.29, 0.717) is 43.3 Å². The number of ether oxygens (including phenoxy) is 2. The Morgan fingerprint density at radius 1 is 1.29 bits per heavy atom. The molecule has 7 nitrogen and oxygen atoms in total. The van der Waals surface area contributed by atoms with Gasteiger partial charge in [-0.25, -0.2) is 0 Å². The van der Waals surface area contributed by atoms with E-state index in [9.17, 15) is 24.4 Å². The molecule has 6 atom stereocenters. The maximum absolute atomic E-state index is 14.2. The van der Waals surface area contributed by atoms with Crippen LogP contribution in [0.15, 0.2) is 35.6 Å². The van der Waals surface area contributed by atoms with Crippen molar-refractivity contribution in [2.45, 2.75) is 46.5 Å². The Kier molecular flexibility index (Phi) is 5.70. The van der Waals surface area contributed by atoms with E-state index >= 15 is 0 Å². The summed E-state index contributed by atoms with van der Waals surface area (Å²) in [4.78, 5) is 54.3. The van der Waals surface area contributed by atoms with Gasteiger partial charge in [0, 0.05) is 34.3 Å². The third kappa shape index (κ3) is 2.87. The zero-order valence-corrected chi connectivity index (χ0v) is 20.2. The van der Waals surface area contributed by atoms with Gasteiger partial charge in [-0.15, -0.1) is 0 Å². The second-order valence-electron chi connectivity index (χ2n) is 10.7. The summed E-state index contributed by atoms with van der Waals surface area (Å²) < 4.78 is 10.9. The number of hydrogen-bond acceptors (Lipinski definition) is 7. The predicted molar refractivity (Wildman–Crippen MR) is 122 cm³/mol. The van der Waals surface area contributed by atoms with Crippen LogP contribution in [0, 0.1) is 51.2 Å². The van der Waals surface area contributed by atoms with E-state index in [1.807, 2.05) is 6.92 Å². The van der Waals surface area contributed by atoms with Crippen molar-refractivity contribution < 1.29 is 28.7 Å². The Labute approximate surface area is 199 Å². The molecule has 4 aliphatic rings. The molecule has 0 aromatic heterocycles. The van der Waals surface area contributed by atoms with Gasteiger partial charge in [-0.2, -0.15) is 5.26 Å². The fraction of sp³-hybridized carbons (Fsp3) is 0.593. The molecule has 0 radical (unpaired) electrons. The van der Waals surface area contributed by atoms with Crippen LogP contribution in [-0.2, 0) is 28.7 Å². The van der Waals surface area contributed by atoms with Gasteiger partial charge in [0.2, 0.25) is 0 Å². The van der Waals surface area contributed by atoms with Crippen LogP contribution in [0.5, 0.6) is 0 Å². The van der Waals surface area contributed by atoms with Crippen LogP contribution in [0.25, 0.3) is 0 Å². The Morgan fingerprint density at radius 2 is 2.00 bits per heavy atom. The lowest BCUT2D eigenvalue weighted by atomic mass is 9.42. The van der Waals surface area contributed by atoms with E-state index < -0.39 is 45.8 Å². The van der Waals surface area contributed by atoms with Crippen LogP contribution in [0.1, 0.15) is 46.5 Å². The molecule has 180 valence electrons. The molecule has 2 fully saturated rings. The molecular weight excluding hydrogens is 434 g/mol. The summed E-state index contributed by atoms with van der Waals surface area (Å²) in [5, 5.41) is 9.75. The minimum atomic E-state index is -1.59. The monoisotopic (exact) mass is 465 g/mol. The highest BCUT2D eigenvalue weighted by Gasteiger charge is 2.70. The Balaban J connectivity index is 2.03. The number of carbonyl (C=O) groups excluding carboxylic acids is 4. The molecule has 0 aromatic carbocycles. The number of nitrogens with zero attached hydrogens (tertiary/aromatic N) is 1. The van der Waals surface area contributed by atoms with Crippen LogP contribution in [0.4, 0.5) is 0 Å². The Hall–Kier alpha value is -3.01. The highest BCUT2D eigenvalue weighted by Crippen LogP contribution is 2.66. The number of methoxy groups -OCH3 is 1. The first-order chi connectivity index (χ1) is 16.1. The normalized spacial score (nSPS) is 38.0. The average Bonchev–Trinajstić information content (AvgIpc) is 3.15. The molecule has 0 amide bonds. The summed E-state index contributed by atoms with van der Waals surface area (Å²) in [5.41, 5.74) is -1.84. The van der Waals surface area contributed by atoms with Crippen molar-refractivity contribution in [3.8, 4) is 6.07 Å². The largest absolute Gasteiger partial charge is 0.500 e. The van der Waals surface area contributed by atoms with Gasteiger partial charge in [0.05, 0.1) is 19.1 Å². The molecular formula is C27H31NO6. The number of ketones is 2. The molecule has 0 aromatic rings. The second-order valence-corrected chi connectivity index (χ2v) is 10.7. The lowest BCUT2D eigenvalue weighted by Gasteiger charge is -2.58. The number of allylic oxidation sites excluding steroid dienone is 4. The first-order valence-electron chi connectivity index (χ1n) is 11.8. The van der Waals surface area contributed by atoms with E-state index in [1.54, 1.807) is 13.8 Å². The number of rotatable bonds is 5. The topological polar surface area (TPSA) is 111 Å². The van der Waals surface area contributed by atoms with Crippen molar-refractivity contribution in [2.75, 3.05) is 13.7 Å². The smallest absolute Gasteiger partial charge is 0.317 e. The zero-order valence-electron chi connectivity index (χ0n) is 20.2. The van der Waals surface area contributed by atoms with E-state index in [-0.39, 0.29) is 18.3 Å². The molecule has 0 bridgehead atoms. The third-order valence-corrected chi connectivity index (χ3v) is 9.01. The molecule has 7 heteroatoms. The summed E-state index contributed by atoms with van der Waals surface area (Å²) >= 11 is 0. The number of esters is 1.